The Labute approximate surface area is 110 Å². The van der Waals surface area contributed by atoms with Crippen LogP contribution in [0.25, 0.3) is 21.7 Å². The molecule has 2 aromatic carbocycles. The molecule has 3 heteroatoms. The van der Waals surface area contributed by atoms with E-state index in [2.05, 4.69) is 0 Å². The summed E-state index contributed by atoms with van der Waals surface area (Å²) in [5, 5.41) is 12.2. The summed E-state index contributed by atoms with van der Waals surface area (Å²) in [6, 6.07) is 7.45. The molecule has 0 unspecified atom stereocenters. The number of hydrogen-bond acceptors (Lipinski definition) is 3. The van der Waals surface area contributed by atoms with Crippen molar-refractivity contribution in [2.24, 2.45) is 0 Å². The lowest BCUT2D eigenvalue weighted by atomic mass is 9.98. The monoisotopic (exact) mass is 254 g/mol. The number of aromatic hydroxyl groups is 1. The molecule has 0 saturated heterocycles. The highest BCUT2D eigenvalue weighted by Gasteiger charge is 2.15. The van der Waals surface area contributed by atoms with E-state index in [1.54, 1.807) is 13.0 Å². The number of rotatable bonds is 0. The molecule has 1 N–H and O–H groups in total. The first-order valence-corrected chi connectivity index (χ1v) is 6.16. The van der Waals surface area contributed by atoms with Gasteiger partial charge in [-0.05, 0) is 38.0 Å². The second-order valence-electron chi connectivity index (χ2n) is 4.93. The number of aryl methyl sites for hydroxylation is 3. The Kier molecular flexibility index (Phi) is 2.39. The summed E-state index contributed by atoms with van der Waals surface area (Å²) >= 11 is 0. The van der Waals surface area contributed by atoms with Gasteiger partial charge in [0.25, 0.3) is 0 Å². The van der Waals surface area contributed by atoms with E-state index >= 15 is 0 Å². The topological polar surface area (TPSA) is 50.4 Å². The van der Waals surface area contributed by atoms with Crippen molar-refractivity contribution in [2.75, 3.05) is 0 Å². The van der Waals surface area contributed by atoms with Crippen LogP contribution in [-0.4, -0.2) is 5.11 Å². The molecule has 19 heavy (non-hydrogen) atoms. The van der Waals surface area contributed by atoms with Gasteiger partial charge in [0.15, 0.2) is 0 Å². The molecule has 3 nitrogen and oxygen atoms in total. The van der Waals surface area contributed by atoms with Crippen molar-refractivity contribution in [2.45, 2.75) is 20.8 Å². The van der Waals surface area contributed by atoms with Crippen LogP contribution in [0.1, 0.15) is 16.7 Å². The van der Waals surface area contributed by atoms with Gasteiger partial charge in [-0.25, -0.2) is 4.79 Å². The Morgan fingerprint density at radius 1 is 1.05 bits per heavy atom. The predicted octanol–water partition coefficient (Wildman–Crippen LogP) is 3.58. The van der Waals surface area contributed by atoms with E-state index < -0.39 is 0 Å². The van der Waals surface area contributed by atoms with Crippen molar-refractivity contribution < 1.29 is 9.52 Å². The highest BCUT2D eigenvalue weighted by atomic mass is 16.4. The summed E-state index contributed by atoms with van der Waals surface area (Å²) in [6.45, 7) is 5.55. The molecule has 1 heterocycles. The summed E-state index contributed by atoms with van der Waals surface area (Å²) in [7, 11) is 0. The molecule has 96 valence electrons. The van der Waals surface area contributed by atoms with Crippen LogP contribution >= 0.6 is 0 Å². The molecule has 1 aromatic heterocycles. The molecule has 0 aliphatic rings. The maximum Gasteiger partial charge on any atom is 0.344 e. The van der Waals surface area contributed by atoms with E-state index in [-0.39, 0.29) is 11.4 Å². The number of fused-ring (bicyclic) bond motifs is 3. The number of benzene rings is 2. The highest BCUT2D eigenvalue weighted by Crippen LogP contribution is 2.33. The molecule has 0 aliphatic carbocycles. The quantitative estimate of drug-likeness (QED) is 0.493. The van der Waals surface area contributed by atoms with Crippen LogP contribution in [0.2, 0.25) is 0 Å². The van der Waals surface area contributed by atoms with Crippen LogP contribution in [0.15, 0.2) is 33.5 Å². The number of phenols is 1. The van der Waals surface area contributed by atoms with Gasteiger partial charge in [-0.15, -0.1) is 0 Å². The van der Waals surface area contributed by atoms with Gasteiger partial charge in [0.2, 0.25) is 0 Å². The zero-order chi connectivity index (χ0) is 13.7. The van der Waals surface area contributed by atoms with Gasteiger partial charge in [-0.2, -0.15) is 0 Å². The Bertz CT molecular complexity index is 873. The van der Waals surface area contributed by atoms with Crippen molar-refractivity contribution in [3.05, 3.63) is 51.4 Å². The predicted molar refractivity (Wildman–Crippen MR) is 75.9 cm³/mol. The van der Waals surface area contributed by atoms with Crippen molar-refractivity contribution >= 4 is 21.7 Å². The minimum absolute atomic E-state index is 0.153. The summed E-state index contributed by atoms with van der Waals surface area (Å²) < 4.78 is 5.43. The van der Waals surface area contributed by atoms with Gasteiger partial charge in [-0.3, -0.25) is 0 Å². The van der Waals surface area contributed by atoms with Crippen LogP contribution < -0.4 is 5.63 Å². The molecule has 0 amide bonds. The van der Waals surface area contributed by atoms with E-state index in [9.17, 15) is 9.90 Å². The maximum absolute atomic E-state index is 12.1. The van der Waals surface area contributed by atoms with Gasteiger partial charge in [0, 0.05) is 16.3 Å². The molecule has 0 radical (unpaired) electrons. The van der Waals surface area contributed by atoms with E-state index in [1.807, 2.05) is 32.0 Å². The third kappa shape index (κ3) is 1.55. The van der Waals surface area contributed by atoms with E-state index in [0.717, 1.165) is 21.9 Å². The molecule has 0 saturated carbocycles. The zero-order valence-electron chi connectivity index (χ0n) is 11.1. The summed E-state index contributed by atoms with van der Waals surface area (Å²) in [5.41, 5.74) is 2.52. The molecule has 3 rings (SSSR count). The average Bonchev–Trinajstić information content (AvgIpc) is 2.35. The Morgan fingerprint density at radius 2 is 1.79 bits per heavy atom. The first kappa shape index (κ1) is 11.8. The third-order valence-corrected chi connectivity index (χ3v) is 3.64. The second-order valence-corrected chi connectivity index (χ2v) is 4.93. The Balaban J connectivity index is 2.73. The second kappa shape index (κ2) is 3.85. The lowest BCUT2D eigenvalue weighted by Gasteiger charge is -2.10. The fourth-order valence-electron chi connectivity index (χ4n) is 2.62. The molecule has 0 spiro atoms. The molecular formula is C16H14O3. The normalized spacial score (nSPS) is 11.3. The van der Waals surface area contributed by atoms with Crippen LogP contribution in [0, 0.1) is 20.8 Å². The highest BCUT2D eigenvalue weighted by molar-refractivity contribution is 6.08. The first-order chi connectivity index (χ1) is 9.00. The minimum atomic E-state index is -0.353. The van der Waals surface area contributed by atoms with Gasteiger partial charge >= 0.3 is 5.63 Å². The van der Waals surface area contributed by atoms with E-state index in [1.165, 1.54) is 0 Å². The number of hydrogen-bond donors (Lipinski definition) is 1. The molecular weight excluding hydrogens is 240 g/mol. The van der Waals surface area contributed by atoms with Crippen LogP contribution in [0.5, 0.6) is 5.75 Å². The van der Waals surface area contributed by atoms with Gasteiger partial charge in [-0.1, -0.05) is 18.2 Å². The van der Waals surface area contributed by atoms with Crippen LogP contribution in [0.4, 0.5) is 0 Å². The van der Waals surface area contributed by atoms with E-state index in [0.29, 0.717) is 16.5 Å². The van der Waals surface area contributed by atoms with Crippen molar-refractivity contribution in [1.29, 1.82) is 0 Å². The molecule has 0 fully saturated rings. The van der Waals surface area contributed by atoms with Gasteiger partial charge in [0.05, 0.1) is 5.39 Å². The fraction of sp³-hybridized carbons (Fsp3) is 0.188. The van der Waals surface area contributed by atoms with Crippen molar-refractivity contribution in [1.82, 2.24) is 0 Å². The van der Waals surface area contributed by atoms with Crippen LogP contribution in [-0.2, 0) is 0 Å². The number of phenolic OH excluding ortho intramolecular Hbond substituents is 1. The standard InChI is InChI=1S/C16H14O3/c1-8-5-4-6-11-13-9(2)7-12(17)10(3)15(13)19-16(18)14(8)11/h4-7,17H,1-3H3. The summed E-state index contributed by atoms with van der Waals surface area (Å²) in [6.07, 6.45) is 0. The van der Waals surface area contributed by atoms with Gasteiger partial charge < -0.3 is 9.52 Å². The summed E-state index contributed by atoms with van der Waals surface area (Å²) in [4.78, 5) is 12.1. The Hall–Kier alpha value is -2.29. The van der Waals surface area contributed by atoms with Crippen molar-refractivity contribution in [3.63, 3.8) is 0 Å². The van der Waals surface area contributed by atoms with Gasteiger partial charge in [0.1, 0.15) is 11.3 Å². The SMILES string of the molecule is Cc1c(O)cc(C)c2c1oc(=O)c1c(C)cccc12. The van der Waals surface area contributed by atoms with Crippen molar-refractivity contribution in [3.8, 4) is 5.75 Å². The maximum atomic E-state index is 12.1. The first-order valence-electron chi connectivity index (χ1n) is 6.16. The third-order valence-electron chi connectivity index (χ3n) is 3.64. The average molecular weight is 254 g/mol. The molecule has 0 bridgehead atoms. The fourth-order valence-corrected chi connectivity index (χ4v) is 2.62. The molecule has 0 aliphatic heterocycles. The Morgan fingerprint density at radius 3 is 2.53 bits per heavy atom. The lowest BCUT2D eigenvalue weighted by molar-refractivity contribution is 0.468. The van der Waals surface area contributed by atoms with E-state index in [4.69, 9.17) is 4.42 Å². The smallest absolute Gasteiger partial charge is 0.344 e. The molecule has 0 atom stereocenters. The summed E-state index contributed by atoms with van der Waals surface area (Å²) in [5.74, 6) is 0.153. The largest absolute Gasteiger partial charge is 0.508 e. The molecule has 3 aromatic rings. The van der Waals surface area contributed by atoms with Crippen LogP contribution in [0.3, 0.4) is 0 Å². The zero-order valence-corrected chi connectivity index (χ0v) is 11.1. The minimum Gasteiger partial charge on any atom is -0.508 e. The lowest BCUT2D eigenvalue weighted by Crippen LogP contribution is -2.03.